The van der Waals surface area contributed by atoms with E-state index in [9.17, 15) is 14.4 Å². The zero-order chi connectivity index (χ0) is 19.6. The second-order valence-electron chi connectivity index (χ2n) is 6.21. The Balaban J connectivity index is 2.00. The molecule has 3 rings (SSSR count). The van der Waals surface area contributed by atoms with Crippen molar-refractivity contribution in [1.82, 2.24) is 14.8 Å². The van der Waals surface area contributed by atoms with Crippen LogP contribution in [0.25, 0.3) is 6.08 Å². The van der Waals surface area contributed by atoms with Crippen LogP contribution >= 0.6 is 11.6 Å². The number of halogens is 1. The number of carbonyl (C=O) groups excluding carboxylic acids is 3. The van der Waals surface area contributed by atoms with Gasteiger partial charge in [-0.05, 0) is 17.7 Å². The summed E-state index contributed by atoms with van der Waals surface area (Å²) < 4.78 is 0. The molecule has 1 unspecified atom stereocenters. The Morgan fingerprint density at radius 1 is 1.19 bits per heavy atom. The highest BCUT2D eigenvalue weighted by atomic mass is 35.5. The van der Waals surface area contributed by atoms with Gasteiger partial charge in [-0.3, -0.25) is 19.3 Å². The summed E-state index contributed by atoms with van der Waals surface area (Å²) in [6.45, 7) is 1.28. The largest absolute Gasteiger partial charge is 0.309 e. The van der Waals surface area contributed by atoms with Gasteiger partial charge in [0.2, 0.25) is 5.91 Å². The van der Waals surface area contributed by atoms with E-state index in [2.05, 4.69) is 4.98 Å². The highest BCUT2D eigenvalue weighted by molar-refractivity contribution is 6.31. The first kappa shape index (κ1) is 18.8. The van der Waals surface area contributed by atoms with Gasteiger partial charge in [0, 0.05) is 32.2 Å². The van der Waals surface area contributed by atoms with Gasteiger partial charge in [0.05, 0.1) is 0 Å². The Hall–Kier alpha value is -2.99. The summed E-state index contributed by atoms with van der Waals surface area (Å²) in [6, 6.07) is 11.8. The van der Waals surface area contributed by atoms with E-state index in [1.807, 2.05) is 30.3 Å². The predicted octanol–water partition coefficient (Wildman–Crippen LogP) is 2.53. The quantitative estimate of drug-likeness (QED) is 0.603. The van der Waals surface area contributed by atoms with Gasteiger partial charge in [-0.2, -0.15) is 0 Å². The molecule has 1 aliphatic rings. The Kier molecular flexibility index (Phi) is 5.37. The van der Waals surface area contributed by atoms with Crippen molar-refractivity contribution in [3.8, 4) is 0 Å². The number of amides is 3. The van der Waals surface area contributed by atoms with Gasteiger partial charge in [-0.1, -0.05) is 48.0 Å². The first-order valence-corrected chi connectivity index (χ1v) is 8.75. The maximum Gasteiger partial charge on any atom is 0.277 e. The molecule has 138 valence electrons. The SMILES string of the molecule is CC(=O)N1C(=O)/C(=C/c2cccnc2Cl)N(C)C(=O)C1Cc1ccccc1. The molecule has 27 heavy (non-hydrogen) atoms. The number of benzene rings is 1. The summed E-state index contributed by atoms with van der Waals surface area (Å²) in [5.41, 5.74) is 1.44. The van der Waals surface area contributed by atoms with Gasteiger partial charge in [0.1, 0.15) is 16.9 Å². The van der Waals surface area contributed by atoms with E-state index < -0.39 is 17.9 Å². The molecule has 7 heteroatoms. The summed E-state index contributed by atoms with van der Waals surface area (Å²) in [5.74, 6) is -1.35. The molecule has 3 amide bonds. The fourth-order valence-electron chi connectivity index (χ4n) is 3.05. The third kappa shape index (κ3) is 3.75. The number of hydrogen-bond donors (Lipinski definition) is 0. The molecule has 1 atom stereocenters. The second-order valence-corrected chi connectivity index (χ2v) is 6.57. The summed E-state index contributed by atoms with van der Waals surface area (Å²) in [5, 5.41) is 0.208. The normalized spacial score (nSPS) is 18.9. The molecule has 6 nitrogen and oxygen atoms in total. The van der Waals surface area contributed by atoms with Gasteiger partial charge in [0.25, 0.3) is 11.8 Å². The molecule has 2 aromatic rings. The molecule has 1 saturated heterocycles. The fraction of sp³-hybridized carbons (Fsp3) is 0.200. The van der Waals surface area contributed by atoms with E-state index in [1.165, 1.54) is 31.1 Å². The third-order valence-electron chi connectivity index (χ3n) is 4.42. The molecule has 1 fully saturated rings. The Labute approximate surface area is 162 Å². The van der Waals surface area contributed by atoms with Gasteiger partial charge in [-0.25, -0.2) is 4.98 Å². The van der Waals surface area contributed by atoms with Crippen LogP contribution in [0, 0.1) is 0 Å². The molecule has 0 spiro atoms. The lowest BCUT2D eigenvalue weighted by atomic mass is 9.99. The minimum atomic E-state index is -0.885. The summed E-state index contributed by atoms with van der Waals surface area (Å²) in [6.07, 6.45) is 3.26. The molecule has 0 N–H and O–H groups in total. The Bertz CT molecular complexity index is 927. The first-order chi connectivity index (χ1) is 12.9. The maximum absolute atomic E-state index is 13.0. The maximum atomic E-state index is 13.0. The van der Waals surface area contributed by atoms with Crippen LogP contribution in [-0.4, -0.2) is 45.6 Å². The Morgan fingerprint density at radius 2 is 1.89 bits per heavy atom. The number of rotatable bonds is 3. The van der Waals surface area contributed by atoms with Crippen molar-refractivity contribution in [3.05, 3.63) is 70.6 Å². The highest BCUT2D eigenvalue weighted by Crippen LogP contribution is 2.26. The molecule has 1 aromatic carbocycles. The predicted molar refractivity (Wildman–Crippen MR) is 101 cm³/mol. The lowest BCUT2D eigenvalue weighted by Gasteiger charge is -2.38. The highest BCUT2D eigenvalue weighted by Gasteiger charge is 2.43. The topological polar surface area (TPSA) is 70.6 Å². The van der Waals surface area contributed by atoms with Gasteiger partial charge < -0.3 is 4.90 Å². The van der Waals surface area contributed by atoms with Crippen LogP contribution in [0.1, 0.15) is 18.1 Å². The van der Waals surface area contributed by atoms with Crippen molar-refractivity contribution in [2.45, 2.75) is 19.4 Å². The van der Waals surface area contributed by atoms with Crippen molar-refractivity contribution >= 4 is 35.4 Å². The number of nitrogens with zero attached hydrogens (tertiary/aromatic N) is 3. The first-order valence-electron chi connectivity index (χ1n) is 8.38. The van der Waals surface area contributed by atoms with Crippen molar-refractivity contribution in [2.75, 3.05) is 7.05 Å². The number of likely N-dealkylation sites (N-methyl/N-ethyl adjacent to an activating group) is 1. The summed E-state index contributed by atoms with van der Waals surface area (Å²) >= 11 is 6.06. The van der Waals surface area contributed by atoms with Crippen molar-refractivity contribution in [3.63, 3.8) is 0 Å². The number of aromatic nitrogens is 1. The van der Waals surface area contributed by atoms with Gasteiger partial charge in [-0.15, -0.1) is 0 Å². The van der Waals surface area contributed by atoms with Crippen LogP contribution in [0.2, 0.25) is 5.15 Å². The minimum Gasteiger partial charge on any atom is -0.309 e. The van der Waals surface area contributed by atoms with Crippen molar-refractivity contribution < 1.29 is 14.4 Å². The number of hydrogen-bond acceptors (Lipinski definition) is 4. The monoisotopic (exact) mass is 383 g/mol. The molecule has 0 radical (unpaired) electrons. The smallest absolute Gasteiger partial charge is 0.277 e. The standard InChI is InChI=1S/C20H18ClN3O3/c1-13(25)24-17(11-14-7-4-3-5-8-14)19(26)23(2)16(20(24)27)12-15-9-6-10-22-18(15)21/h3-10,12,17H,11H2,1-2H3/b16-12-. The van der Waals surface area contributed by atoms with Crippen molar-refractivity contribution in [2.24, 2.45) is 0 Å². The van der Waals surface area contributed by atoms with Crippen LogP contribution in [0.5, 0.6) is 0 Å². The van der Waals surface area contributed by atoms with E-state index in [-0.39, 0.29) is 23.2 Å². The van der Waals surface area contributed by atoms with Gasteiger partial charge >= 0.3 is 0 Å². The molecule has 1 aromatic heterocycles. The van der Waals surface area contributed by atoms with Crippen LogP contribution in [0.15, 0.2) is 54.4 Å². The van der Waals surface area contributed by atoms with Crippen LogP contribution in [0.4, 0.5) is 0 Å². The molecular formula is C20H18ClN3O3. The molecular weight excluding hydrogens is 366 g/mol. The third-order valence-corrected chi connectivity index (χ3v) is 4.73. The Morgan fingerprint density at radius 3 is 2.52 bits per heavy atom. The van der Waals surface area contributed by atoms with Gasteiger partial charge in [0.15, 0.2) is 0 Å². The molecule has 0 bridgehead atoms. The van der Waals surface area contributed by atoms with E-state index in [0.29, 0.717) is 5.56 Å². The van der Waals surface area contributed by atoms with E-state index in [4.69, 9.17) is 11.6 Å². The summed E-state index contributed by atoms with van der Waals surface area (Å²) in [7, 11) is 1.52. The average Bonchev–Trinajstić information content (AvgIpc) is 2.65. The number of carbonyl (C=O) groups is 3. The lowest BCUT2D eigenvalue weighted by Crippen LogP contribution is -2.59. The zero-order valence-corrected chi connectivity index (χ0v) is 15.7. The molecule has 0 saturated carbocycles. The number of imide groups is 1. The van der Waals surface area contributed by atoms with E-state index in [1.54, 1.807) is 12.1 Å². The number of piperazine rings is 1. The van der Waals surface area contributed by atoms with Crippen LogP contribution in [-0.2, 0) is 20.8 Å². The van der Waals surface area contributed by atoms with E-state index in [0.717, 1.165) is 10.5 Å². The average molecular weight is 384 g/mol. The summed E-state index contributed by atoms with van der Waals surface area (Å²) in [4.78, 5) is 44.4. The molecule has 0 aliphatic carbocycles. The van der Waals surface area contributed by atoms with Crippen molar-refractivity contribution in [1.29, 1.82) is 0 Å². The lowest BCUT2D eigenvalue weighted by molar-refractivity contribution is -0.157. The minimum absolute atomic E-state index is 0.0782. The van der Waals surface area contributed by atoms with Crippen LogP contribution in [0.3, 0.4) is 0 Å². The number of pyridine rings is 1. The van der Waals surface area contributed by atoms with Crippen LogP contribution < -0.4 is 0 Å². The zero-order valence-electron chi connectivity index (χ0n) is 14.9. The fourth-order valence-corrected chi connectivity index (χ4v) is 3.23. The van der Waals surface area contributed by atoms with E-state index >= 15 is 0 Å². The molecule has 1 aliphatic heterocycles. The second kappa shape index (κ2) is 7.72. The molecule has 2 heterocycles.